The molecule has 1 N–H and O–H groups in total. The van der Waals surface area contributed by atoms with E-state index in [0.29, 0.717) is 13.2 Å². The standard InChI is InChI=1S/C20H33FN4O.HI/c1-5-22-20(25(4)11-12-26-15-16-9-10-16)23-14-19(24(2)3)17-7-6-8-18(21)13-17;/h6-8,13,16,19H,5,9-12,14-15H2,1-4H3,(H,22,23);1H. The molecule has 2 rings (SSSR count). The zero-order valence-electron chi connectivity index (χ0n) is 16.9. The fraction of sp³-hybridized carbons (Fsp3) is 0.650. The molecule has 1 aliphatic rings. The Morgan fingerprint density at radius 2 is 2.07 bits per heavy atom. The van der Waals surface area contributed by atoms with Gasteiger partial charge < -0.3 is 19.9 Å². The van der Waals surface area contributed by atoms with Crippen LogP contribution in [-0.2, 0) is 4.74 Å². The van der Waals surface area contributed by atoms with E-state index in [1.165, 1.54) is 18.9 Å². The fourth-order valence-corrected chi connectivity index (χ4v) is 2.77. The molecule has 1 aliphatic carbocycles. The quantitative estimate of drug-likeness (QED) is 0.235. The van der Waals surface area contributed by atoms with Crippen LogP contribution < -0.4 is 5.32 Å². The topological polar surface area (TPSA) is 40.1 Å². The van der Waals surface area contributed by atoms with Crippen LogP contribution in [0, 0.1) is 11.7 Å². The predicted molar refractivity (Wildman–Crippen MR) is 120 cm³/mol. The molecule has 0 bridgehead atoms. The highest BCUT2D eigenvalue weighted by molar-refractivity contribution is 14.0. The normalized spacial score (nSPS) is 15.4. The van der Waals surface area contributed by atoms with Gasteiger partial charge in [-0.2, -0.15) is 0 Å². The number of nitrogens with zero attached hydrogens (tertiary/aromatic N) is 3. The van der Waals surface area contributed by atoms with Gasteiger partial charge in [0, 0.05) is 26.7 Å². The average molecular weight is 492 g/mol. The summed E-state index contributed by atoms with van der Waals surface area (Å²) in [6.07, 6.45) is 2.62. The monoisotopic (exact) mass is 492 g/mol. The Morgan fingerprint density at radius 3 is 2.67 bits per heavy atom. The summed E-state index contributed by atoms with van der Waals surface area (Å²) >= 11 is 0. The van der Waals surface area contributed by atoms with Gasteiger partial charge in [0.1, 0.15) is 5.82 Å². The van der Waals surface area contributed by atoms with Crippen molar-refractivity contribution in [2.45, 2.75) is 25.8 Å². The van der Waals surface area contributed by atoms with Gasteiger partial charge in [-0.05, 0) is 57.5 Å². The second-order valence-electron chi connectivity index (χ2n) is 7.17. The largest absolute Gasteiger partial charge is 0.379 e. The molecule has 0 radical (unpaired) electrons. The van der Waals surface area contributed by atoms with Crippen LogP contribution in [-0.4, -0.2) is 69.8 Å². The number of rotatable bonds is 10. The number of nitrogens with one attached hydrogen (secondary N) is 1. The van der Waals surface area contributed by atoms with Gasteiger partial charge in [0.2, 0.25) is 0 Å². The minimum Gasteiger partial charge on any atom is -0.379 e. The van der Waals surface area contributed by atoms with E-state index in [1.807, 2.05) is 27.2 Å². The van der Waals surface area contributed by atoms with Crippen molar-refractivity contribution in [1.29, 1.82) is 0 Å². The average Bonchev–Trinajstić information content (AvgIpc) is 3.42. The molecule has 154 valence electrons. The Morgan fingerprint density at radius 1 is 1.33 bits per heavy atom. The lowest BCUT2D eigenvalue weighted by molar-refractivity contribution is 0.115. The van der Waals surface area contributed by atoms with E-state index in [0.717, 1.165) is 37.1 Å². The van der Waals surface area contributed by atoms with Crippen molar-refractivity contribution in [3.05, 3.63) is 35.6 Å². The van der Waals surface area contributed by atoms with Crippen LogP contribution in [0.3, 0.4) is 0 Å². The molecule has 1 fully saturated rings. The minimum absolute atomic E-state index is 0. The van der Waals surface area contributed by atoms with Crippen molar-refractivity contribution < 1.29 is 9.13 Å². The zero-order chi connectivity index (χ0) is 18.9. The number of benzene rings is 1. The molecule has 0 spiro atoms. The van der Waals surface area contributed by atoms with Gasteiger partial charge in [0.15, 0.2) is 5.96 Å². The van der Waals surface area contributed by atoms with Crippen LogP contribution in [0.15, 0.2) is 29.3 Å². The van der Waals surface area contributed by atoms with Crippen molar-refractivity contribution in [3.63, 3.8) is 0 Å². The lowest BCUT2D eigenvalue weighted by atomic mass is 10.1. The van der Waals surface area contributed by atoms with Gasteiger partial charge in [-0.3, -0.25) is 4.99 Å². The van der Waals surface area contributed by atoms with E-state index in [2.05, 4.69) is 22.0 Å². The Bertz CT molecular complexity index is 581. The summed E-state index contributed by atoms with van der Waals surface area (Å²) in [5.74, 6) is 1.43. The summed E-state index contributed by atoms with van der Waals surface area (Å²) < 4.78 is 19.3. The Labute approximate surface area is 180 Å². The summed E-state index contributed by atoms with van der Waals surface area (Å²) in [5.41, 5.74) is 0.935. The van der Waals surface area contributed by atoms with Crippen LogP contribution >= 0.6 is 24.0 Å². The van der Waals surface area contributed by atoms with E-state index in [1.54, 1.807) is 12.1 Å². The lowest BCUT2D eigenvalue weighted by Crippen LogP contribution is -2.41. The second-order valence-corrected chi connectivity index (χ2v) is 7.17. The van der Waals surface area contributed by atoms with E-state index in [-0.39, 0.29) is 35.8 Å². The molecule has 1 aromatic rings. The van der Waals surface area contributed by atoms with Crippen molar-refractivity contribution in [2.75, 3.05) is 54.0 Å². The first-order valence-electron chi connectivity index (χ1n) is 9.50. The third-order valence-electron chi connectivity index (χ3n) is 4.59. The number of hydrogen-bond acceptors (Lipinski definition) is 3. The minimum atomic E-state index is -0.213. The summed E-state index contributed by atoms with van der Waals surface area (Å²) in [5, 5.41) is 3.33. The van der Waals surface area contributed by atoms with Crippen molar-refractivity contribution in [2.24, 2.45) is 10.9 Å². The van der Waals surface area contributed by atoms with Crippen molar-refractivity contribution in [1.82, 2.24) is 15.1 Å². The number of hydrogen-bond donors (Lipinski definition) is 1. The SMILES string of the molecule is CCNC(=NCC(c1cccc(F)c1)N(C)C)N(C)CCOCC1CC1.I. The maximum absolute atomic E-state index is 13.6. The molecule has 27 heavy (non-hydrogen) atoms. The van der Waals surface area contributed by atoms with Crippen LogP contribution in [0.1, 0.15) is 31.4 Å². The summed E-state index contributed by atoms with van der Waals surface area (Å²) in [6, 6.07) is 6.78. The second kappa shape index (κ2) is 12.5. The first-order chi connectivity index (χ1) is 12.5. The molecule has 1 atom stereocenters. The molecular weight excluding hydrogens is 458 g/mol. The predicted octanol–water partition coefficient (Wildman–Crippen LogP) is 3.37. The first kappa shape index (κ1) is 24.1. The highest BCUT2D eigenvalue weighted by Crippen LogP contribution is 2.28. The number of ether oxygens (including phenoxy) is 1. The van der Waals surface area contributed by atoms with Gasteiger partial charge in [0.25, 0.3) is 0 Å². The molecule has 0 heterocycles. The molecule has 1 aromatic carbocycles. The van der Waals surface area contributed by atoms with E-state index in [4.69, 9.17) is 9.73 Å². The fourth-order valence-electron chi connectivity index (χ4n) is 2.77. The summed E-state index contributed by atoms with van der Waals surface area (Å²) in [4.78, 5) is 8.94. The number of halogens is 2. The highest BCUT2D eigenvalue weighted by Gasteiger charge is 2.21. The van der Waals surface area contributed by atoms with Gasteiger partial charge >= 0.3 is 0 Å². The third kappa shape index (κ3) is 8.74. The van der Waals surface area contributed by atoms with E-state index in [9.17, 15) is 4.39 Å². The Hall–Kier alpha value is -0.930. The third-order valence-corrected chi connectivity index (χ3v) is 4.59. The molecule has 1 saturated carbocycles. The zero-order valence-corrected chi connectivity index (χ0v) is 19.3. The molecule has 7 heteroatoms. The van der Waals surface area contributed by atoms with Gasteiger partial charge in [-0.1, -0.05) is 12.1 Å². The Kier molecular flexibility index (Phi) is 11.2. The number of guanidine groups is 1. The molecule has 0 amide bonds. The summed E-state index contributed by atoms with van der Waals surface area (Å²) in [7, 11) is 6.01. The van der Waals surface area contributed by atoms with Gasteiger partial charge in [-0.25, -0.2) is 4.39 Å². The first-order valence-corrected chi connectivity index (χ1v) is 9.50. The number of aliphatic imine (C=N–C) groups is 1. The molecular formula is C20H34FIN4O. The van der Waals surface area contributed by atoms with Crippen molar-refractivity contribution in [3.8, 4) is 0 Å². The smallest absolute Gasteiger partial charge is 0.193 e. The molecule has 0 aromatic heterocycles. The van der Waals surface area contributed by atoms with E-state index < -0.39 is 0 Å². The maximum Gasteiger partial charge on any atom is 0.193 e. The maximum atomic E-state index is 13.6. The van der Waals surface area contributed by atoms with Gasteiger partial charge in [0.05, 0.1) is 19.2 Å². The molecule has 5 nitrogen and oxygen atoms in total. The van der Waals surface area contributed by atoms with Crippen molar-refractivity contribution >= 4 is 29.9 Å². The van der Waals surface area contributed by atoms with E-state index >= 15 is 0 Å². The van der Waals surface area contributed by atoms with Crippen LogP contribution in [0.2, 0.25) is 0 Å². The van der Waals surface area contributed by atoms with Crippen LogP contribution in [0.5, 0.6) is 0 Å². The summed E-state index contributed by atoms with van der Waals surface area (Å²) in [6.45, 7) is 5.81. The van der Waals surface area contributed by atoms with Crippen LogP contribution in [0.25, 0.3) is 0 Å². The van der Waals surface area contributed by atoms with Gasteiger partial charge in [-0.15, -0.1) is 24.0 Å². The van der Waals surface area contributed by atoms with Crippen LogP contribution in [0.4, 0.5) is 4.39 Å². The Balaban J connectivity index is 0.00000364. The highest BCUT2D eigenvalue weighted by atomic mass is 127. The molecule has 0 aliphatic heterocycles. The molecule has 1 unspecified atom stereocenters. The molecule has 0 saturated heterocycles. The lowest BCUT2D eigenvalue weighted by Gasteiger charge is -2.26. The number of likely N-dealkylation sites (N-methyl/N-ethyl adjacent to an activating group) is 2.